The second-order valence-electron chi connectivity index (χ2n) is 3.76. The minimum atomic E-state index is -0.242. The largest absolute Gasteiger partial charge is 0.264 e. The summed E-state index contributed by atoms with van der Waals surface area (Å²) >= 11 is 0. The first-order valence-electron chi connectivity index (χ1n) is 4.61. The summed E-state index contributed by atoms with van der Waals surface area (Å²) in [6.45, 7) is 2.14. The van der Waals surface area contributed by atoms with Crippen molar-refractivity contribution in [3.05, 3.63) is 30.1 Å². The number of nitrogens with zero attached hydrogens (tertiary/aromatic N) is 2. The summed E-state index contributed by atoms with van der Waals surface area (Å²) < 4.78 is 0. The van der Waals surface area contributed by atoms with E-state index in [1.165, 1.54) is 0 Å². The van der Waals surface area contributed by atoms with Gasteiger partial charge < -0.3 is 0 Å². The smallest absolute Gasteiger partial charge is 0.0862 e. The van der Waals surface area contributed by atoms with Gasteiger partial charge in [-0.05, 0) is 30.4 Å². The van der Waals surface area contributed by atoms with Crippen molar-refractivity contribution >= 4 is 0 Å². The molecule has 2 unspecified atom stereocenters. The lowest BCUT2D eigenvalue weighted by molar-refractivity contribution is 0.201. The molecule has 66 valence electrons. The first kappa shape index (κ1) is 8.25. The minimum Gasteiger partial charge on any atom is -0.264 e. The Morgan fingerprint density at radius 1 is 1.69 bits per heavy atom. The van der Waals surface area contributed by atoms with Gasteiger partial charge in [0.15, 0.2) is 0 Å². The van der Waals surface area contributed by atoms with Gasteiger partial charge in [0.05, 0.1) is 11.5 Å². The highest BCUT2D eigenvalue weighted by Crippen LogP contribution is 2.47. The lowest BCUT2D eigenvalue weighted by atomic mass is 9.58. The Labute approximate surface area is 78.2 Å². The molecule has 13 heavy (non-hydrogen) atoms. The molecule has 2 atom stereocenters. The Hall–Kier alpha value is -1.36. The second kappa shape index (κ2) is 2.85. The molecule has 1 fully saturated rings. The summed E-state index contributed by atoms with van der Waals surface area (Å²) in [5, 5.41) is 9.18. The number of aromatic nitrogens is 1. The van der Waals surface area contributed by atoms with Crippen molar-refractivity contribution in [2.24, 2.45) is 5.92 Å². The molecule has 2 heteroatoms. The van der Waals surface area contributed by atoms with Gasteiger partial charge in [0.1, 0.15) is 0 Å². The van der Waals surface area contributed by atoms with Crippen molar-refractivity contribution in [2.45, 2.75) is 25.2 Å². The highest BCUT2D eigenvalue weighted by molar-refractivity contribution is 5.34. The van der Waals surface area contributed by atoms with Crippen LogP contribution in [0, 0.1) is 17.2 Å². The van der Waals surface area contributed by atoms with E-state index >= 15 is 0 Å². The van der Waals surface area contributed by atoms with E-state index in [1.54, 1.807) is 6.20 Å². The molecule has 1 heterocycles. The average molecular weight is 172 g/mol. The highest BCUT2D eigenvalue weighted by Gasteiger charge is 2.45. The number of hydrogen-bond donors (Lipinski definition) is 0. The topological polar surface area (TPSA) is 36.7 Å². The molecule has 2 rings (SSSR count). The molecule has 0 aliphatic heterocycles. The van der Waals surface area contributed by atoms with Crippen LogP contribution < -0.4 is 0 Å². The van der Waals surface area contributed by atoms with Crippen LogP contribution in [0.25, 0.3) is 0 Å². The Morgan fingerprint density at radius 3 is 2.92 bits per heavy atom. The monoisotopic (exact) mass is 172 g/mol. The van der Waals surface area contributed by atoms with Gasteiger partial charge in [-0.25, -0.2) is 0 Å². The predicted molar refractivity (Wildman–Crippen MR) is 49.9 cm³/mol. The van der Waals surface area contributed by atoms with Gasteiger partial charge in [0.2, 0.25) is 0 Å². The van der Waals surface area contributed by atoms with Crippen LogP contribution in [0.5, 0.6) is 0 Å². The molecule has 1 aromatic heterocycles. The maximum Gasteiger partial charge on any atom is 0.0862 e. The van der Waals surface area contributed by atoms with Gasteiger partial charge in [-0.2, -0.15) is 5.26 Å². The normalized spacial score (nSPS) is 31.8. The van der Waals surface area contributed by atoms with Gasteiger partial charge in [-0.3, -0.25) is 4.98 Å². The Balaban J connectivity index is 2.40. The third kappa shape index (κ3) is 1.04. The van der Waals surface area contributed by atoms with Crippen LogP contribution in [0.15, 0.2) is 24.5 Å². The maximum absolute atomic E-state index is 9.18. The van der Waals surface area contributed by atoms with E-state index in [0.717, 1.165) is 18.4 Å². The molecule has 1 aliphatic rings. The van der Waals surface area contributed by atoms with Gasteiger partial charge in [0.25, 0.3) is 0 Å². The summed E-state index contributed by atoms with van der Waals surface area (Å²) in [6.07, 6.45) is 5.70. The number of hydrogen-bond acceptors (Lipinski definition) is 2. The Morgan fingerprint density at radius 2 is 2.54 bits per heavy atom. The van der Waals surface area contributed by atoms with E-state index in [2.05, 4.69) is 18.0 Å². The van der Waals surface area contributed by atoms with E-state index < -0.39 is 0 Å². The summed E-state index contributed by atoms with van der Waals surface area (Å²) in [7, 11) is 0. The molecule has 0 amide bonds. The molecule has 0 aromatic carbocycles. The second-order valence-corrected chi connectivity index (χ2v) is 3.76. The molecule has 1 aliphatic carbocycles. The first-order valence-corrected chi connectivity index (χ1v) is 4.61. The lowest BCUT2D eigenvalue weighted by Crippen LogP contribution is -2.41. The van der Waals surface area contributed by atoms with Crippen LogP contribution in [-0.4, -0.2) is 4.98 Å². The van der Waals surface area contributed by atoms with E-state index in [1.807, 2.05) is 18.3 Å². The molecule has 1 saturated carbocycles. The molecular weight excluding hydrogens is 160 g/mol. The zero-order chi connectivity index (χ0) is 9.31. The fourth-order valence-electron chi connectivity index (χ4n) is 2.01. The van der Waals surface area contributed by atoms with Crippen molar-refractivity contribution in [1.29, 1.82) is 5.26 Å². The SMILES string of the molecule is CC1CCC1(C#N)c1cccnc1. The van der Waals surface area contributed by atoms with E-state index in [4.69, 9.17) is 0 Å². The molecule has 0 radical (unpaired) electrons. The van der Waals surface area contributed by atoms with Crippen molar-refractivity contribution < 1.29 is 0 Å². The van der Waals surface area contributed by atoms with Crippen molar-refractivity contribution in [3.63, 3.8) is 0 Å². The van der Waals surface area contributed by atoms with Gasteiger partial charge in [-0.15, -0.1) is 0 Å². The van der Waals surface area contributed by atoms with Gasteiger partial charge in [0, 0.05) is 12.4 Å². The molecule has 0 N–H and O–H groups in total. The standard InChI is InChI=1S/C11H12N2/c1-9-4-5-11(9,8-12)10-3-2-6-13-7-10/h2-3,6-7,9H,4-5H2,1H3. The zero-order valence-electron chi connectivity index (χ0n) is 7.70. The van der Waals surface area contributed by atoms with Gasteiger partial charge >= 0.3 is 0 Å². The molecular formula is C11H12N2. The molecule has 0 bridgehead atoms. The third-order valence-electron chi connectivity index (χ3n) is 3.19. The van der Waals surface area contributed by atoms with Crippen LogP contribution in [-0.2, 0) is 5.41 Å². The molecule has 0 saturated heterocycles. The Bertz CT molecular complexity index is 339. The van der Waals surface area contributed by atoms with Crippen LogP contribution in [0.2, 0.25) is 0 Å². The van der Waals surface area contributed by atoms with Crippen LogP contribution >= 0.6 is 0 Å². The summed E-state index contributed by atoms with van der Waals surface area (Å²) in [5.74, 6) is 0.474. The summed E-state index contributed by atoms with van der Waals surface area (Å²) in [5.41, 5.74) is 0.838. The maximum atomic E-state index is 9.18. The van der Waals surface area contributed by atoms with Crippen molar-refractivity contribution in [1.82, 2.24) is 4.98 Å². The lowest BCUT2D eigenvalue weighted by Gasteiger charge is -2.42. The van der Waals surface area contributed by atoms with Crippen molar-refractivity contribution in [2.75, 3.05) is 0 Å². The summed E-state index contributed by atoms with van der Waals surface area (Å²) in [4.78, 5) is 4.06. The third-order valence-corrected chi connectivity index (χ3v) is 3.19. The highest BCUT2D eigenvalue weighted by atomic mass is 14.6. The Kier molecular flexibility index (Phi) is 1.81. The van der Waals surface area contributed by atoms with Crippen LogP contribution in [0.4, 0.5) is 0 Å². The average Bonchev–Trinajstić information content (AvgIpc) is 2.19. The van der Waals surface area contributed by atoms with Gasteiger partial charge in [-0.1, -0.05) is 13.0 Å². The summed E-state index contributed by atoms with van der Waals surface area (Å²) in [6, 6.07) is 6.35. The first-order chi connectivity index (χ1) is 6.29. The van der Waals surface area contributed by atoms with Crippen molar-refractivity contribution in [3.8, 4) is 6.07 Å². The van der Waals surface area contributed by atoms with E-state index in [9.17, 15) is 5.26 Å². The quantitative estimate of drug-likeness (QED) is 0.651. The number of rotatable bonds is 1. The molecule has 2 nitrogen and oxygen atoms in total. The number of nitriles is 1. The number of pyridine rings is 1. The molecule has 1 aromatic rings. The van der Waals surface area contributed by atoms with E-state index in [0.29, 0.717) is 5.92 Å². The fraction of sp³-hybridized carbons (Fsp3) is 0.455. The molecule has 0 spiro atoms. The minimum absolute atomic E-state index is 0.242. The predicted octanol–water partition coefficient (Wildman–Crippen LogP) is 2.27. The van der Waals surface area contributed by atoms with Crippen LogP contribution in [0.3, 0.4) is 0 Å². The van der Waals surface area contributed by atoms with E-state index in [-0.39, 0.29) is 5.41 Å². The zero-order valence-corrected chi connectivity index (χ0v) is 7.70. The fourth-order valence-corrected chi connectivity index (χ4v) is 2.01. The van der Waals surface area contributed by atoms with Crippen LogP contribution in [0.1, 0.15) is 25.3 Å².